The lowest BCUT2D eigenvalue weighted by atomic mass is 9.74. The van der Waals surface area contributed by atoms with Gasteiger partial charge in [-0.2, -0.15) is 0 Å². The molecule has 0 aromatic heterocycles. The second-order valence-corrected chi connectivity index (χ2v) is 5.88. The van der Waals surface area contributed by atoms with E-state index in [4.69, 9.17) is 16.3 Å². The van der Waals surface area contributed by atoms with E-state index in [2.05, 4.69) is 0 Å². The molecule has 0 saturated carbocycles. The van der Waals surface area contributed by atoms with Crippen molar-refractivity contribution in [2.45, 2.75) is 56.8 Å². The number of fused-ring (bicyclic) bond motifs is 2. The number of hydrogen-bond donors (Lipinski definition) is 1. The van der Waals surface area contributed by atoms with Crippen LogP contribution in [0.3, 0.4) is 0 Å². The van der Waals surface area contributed by atoms with Gasteiger partial charge in [0, 0.05) is 5.41 Å². The van der Waals surface area contributed by atoms with Crippen LogP contribution in [-0.2, 0) is 4.74 Å². The number of aliphatic hydroxyl groups is 1. The van der Waals surface area contributed by atoms with Crippen molar-refractivity contribution in [3.8, 4) is 0 Å². The molecule has 0 aromatic carbocycles. The Hall–Kier alpha value is 0.210. The Bertz CT molecular complexity index is 203. The molecular weight excluding hydrogens is 188 g/mol. The van der Waals surface area contributed by atoms with Gasteiger partial charge < -0.3 is 9.84 Å². The van der Waals surface area contributed by atoms with E-state index in [0.29, 0.717) is 0 Å². The zero-order chi connectivity index (χ0) is 9.85. The van der Waals surface area contributed by atoms with Crippen molar-refractivity contribution in [3.63, 3.8) is 0 Å². The third-order valence-electron chi connectivity index (χ3n) is 3.72. The number of aliphatic hydroxyl groups excluding tert-OH is 1. The molecule has 0 amide bonds. The first-order valence-electron chi connectivity index (χ1n) is 4.89. The van der Waals surface area contributed by atoms with E-state index >= 15 is 0 Å². The van der Waals surface area contributed by atoms with Crippen molar-refractivity contribution in [1.82, 2.24) is 0 Å². The molecule has 13 heavy (non-hydrogen) atoms. The molecule has 2 aliphatic rings. The number of halogens is 1. The molecule has 1 N–H and O–H groups in total. The molecule has 3 heteroatoms. The van der Waals surface area contributed by atoms with Crippen LogP contribution in [-0.4, -0.2) is 28.3 Å². The summed E-state index contributed by atoms with van der Waals surface area (Å²) in [6.07, 6.45) is 1.73. The lowest BCUT2D eigenvalue weighted by molar-refractivity contribution is -0.158. The molecule has 0 unspecified atom stereocenters. The third kappa shape index (κ3) is 1.15. The summed E-state index contributed by atoms with van der Waals surface area (Å²) in [6, 6.07) is 0. The summed E-state index contributed by atoms with van der Waals surface area (Å²) in [5.41, 5.74) is -0.219. The molecule has 2 heterocycles. The Morgan fingerprint density at radius 2 is 1.77 bits per heavy atom. The van der Waals surface area contributed by atoms with Gasteiger partial charge in [0.2, 0.25) is 0 Å². The summed E-state index contributed by atoms with van der Waals surface area (Å²) < 4.78 is 5.81. The summed E-state index contributed by atoms with van der Waals surface area (Å²) in [5.74, 6) is 0. The van der Waals surface area contributed by atoms with E-state index in [0.717, 1.165) is 12.8 Å². The lowest BCUT2D eigenvalue weighted by Gasteiger charge is -2.48. The van der Waals surface area contributed by atoms with E-state index in [1.165, 1.54) is 0 Å². The van der Waals surface area contributed by atoms with Crippen molar-refractivity contribution < 1.29 is 9.84 Å². The van der Waals surface area contributed by atoms with E-state index in [-0.39, 0.29) is 17.6 Å². The fourth-order valence-corrected chi connectivity index (χ4v) is 3.12. The average molecular weight is 205 g/mol. The quantitative estimate of drug-likeness (QED) is 0.611. The largest absolute Gasteiger partial charge is 0.391 e. The molecule has 2 aliphatic heterocycles. The molecule has 76 valence electrons. The number of alkyl halides is 1. The maximum absolute atomic E-state index is 10.1. The fraction of sp³-hybridized carbons (Fsp3) is 1.00. The van der Waals surface area contributed by atoms with Crippen molar-refractivity contribution in [3.05, 3.63) is 0 Å². The maximum Gasteiger partial charge on any atom is 0.0943 e. The average Bonchev–Trinajstić information content (AvgIpc) is 2.48. The van der Waals surface area contributed by atoms with Gasteiger partial charge in [0.25, 0.3) is 0 Å². The molecule has 0 spiro atoms. The summed E-state index contributed by atoms with van der Waals surface area (Å²) in [5, 5.41) is 10.1. The molecule has 0 aliphatic carbocycles. The normalized spacial score (nSPS) is 53.8. The molecule has 0 aromatic rings. The van der Waals surface area contributed by atoms with Gasteiger partial charge in [-0.3, -0.25) is 0 Å². The second kappa shape index (κ2) is 2.62. The molecule has 4 atom stereocenters. The van der Waals surface area contributed by atoms with E-state index in [1.54, 1.807) is 0 Å². The third-order valence-corrected chi connectivity index (χ3v) is 4.17. The van der Waals surface area contributed by atoms with Gasteiger partial charge in [-0.25, -0.2) is 0 Å². The van der Waals surface area contributed by atoms with Gasteiger partial charge in [0.05, 0.1) is 23.2 Å². The monoisotopic (exact) mass is 204 g/mol. The molecule has 2 bridgehead atoms. The van der Waals surface area contributed by atoms with Crippen molar-refractivity contribution in [1.29, 1.82) is 0 Å². The minimum atomic E-state index is -0.615. The van der Waals surface area contributed by atoms with Crippen molar-refractivity contribution >= 4 is 11.6 Å². The van der Waals surface area contributed by atoms with Crippen LogP contribution in [0.4, 0.5) is 0 Å². The Morgan fingerprint density at radius 1 is 1.23 bits per heavy atom. The van der Waals surface area contributed by atoms with Gasteiger partial charge >= 0.3 is 0 Å². The van der Waals surface area contributed by atoms with Crippen LogP contribution in [0.25, 0.3) is 0 Å². The standard InChI is InChI=1S/C10H17ClO2/c1-9(2)6-4-5-7(13-6)10(3,11)8(9)12/h6-8,12H,4-5H2,1-3H3/t6-,7+,8-,10+/m0/s1. The Balaban J connectivity index is 2.36. The molecule has 2 nitrogen and oxygen atoms in total. The summed E-state index contributed by atoms with van der Waals surface area (Å²) >= 11 is 6.32. The van der Waals surface area contributed by atoms with Crippen LogP contribution in [0.1, 0.15) is 33.6 Å². The van der Waals surface area contributed by atoms with E-state index in [9.17, 15) is 5.11 Å². The number of hydrogen-bond acceptors (Lipinski definition) is 2. The summed E-state index contributed by atoms with van der Waals surface area (Å²) in [6.45, 7) is 5.95. The van der Waals surface area contributed by atoms with Gasteiger partial charge in [-0.05, 0) is 19.8 Å². The van der Waals surface area contributed by atoms with Crippen LogP contribution in [0.15, 0.2) is 0 Å². The molecule has 2 saturated heterocycles. The summed E-state index contributed by atoms with van der Waals surface area (Å²) in [7, 11) is 0. The van der Waals surface area contributed by atoms with Crippen LogP contribution in [0.2, 0.25) is 0 Å². The minimum Gasteiger partial charge on any atom is -0.391 e. The first kappa shape index (κ1) is 9.75. The highest BCUT2D eigenvalue weighted by atomic mass is 35.5. The Labute approximate surface area is 84.2 Å². The highest BCUT2D eigenvalue weighted by Crippen LogP contribution is 2.51. The SMILES string of the molecule is CC1(C)[C@@H]2CC[C@@H](O2)[C@@](C)(Cl)[C@H]1O. The van der Waals surface area contributed by atoms with Crippen LogP contribution in [0.5, 0.6) is 0 Å². The molecular formula is C10H17ClO2. The second-order valence-electron chi connectivity index (χ2n) is 5.07. The highest BCUT2D eigenvalue weighted by molar-refractivity contribution is 6.24. The Kier molecular flexibility index (Phi) is 1.96. The lowest BCUT2D eigenvalue weighted by Crippen LogP contribution is -2.59. The first-order chi connectivity index (χ1) is 5.87. The number of ether oxygens (including phenoxy) is 1. The molecule has 2 rings (SSSR count). The van der Waals surface area contributed by atoms with Gasteiger partial charge in [0.15, 0.2) is 0 Å². The van der Waals surface area contributed by atoms with Gasteiger partial charge in [-0.15, -0.1) is 11.6 Å². The van der Waals surface area contributed by atoms with Crippen molar-refractivity contribution in [2.75, 3.05) is 0 Å². The van der Waals surface area contributed by atoms with Gasteiger partial charge in [-0.1, -0.05) is 13.8 Å². The van der Waals surface area contributed by atoms with Crippen molar-refractivity contribution in [2.24, 2.45) is 5.41 Å². The smallest absolute Gasteiger partial charge is 0.0943 e. The topological polar surface area (TPSA) is 29.5 Å². The van der Waals surface area contributed by atoms with Crippen LogP contribution in [0, 0.1) is 5.41 Å². The first-order valence-corrected chi connectivity index (χ1v) is 5.27. The highest BCUT2D eigenvalue weighted by Gasteiger charge is 2.58. The summed E-state index contributed by atoms with van der Waals surface area (Å²) in [4.78, 5) is -0.615. The minimum absolute atomic E-state index is 0.0298. The Morgan fingerprint density at radius 3 is 2.38 bits per heavy atom. The zero-order valence-corrected chi connectivity index (χ0v) is 9.14. The van der Waals surface area contributed by atoms with Crippen LogP contribution >= 0.6 is 11.6 Å². The predicted octanol–water partition coefficient (Wildman–Crippen LogP) is 1.93. The zero-order valence-electron chi connectivity index (χ0n) is 8.38. The number of rotatable bonds is 0. The van der Waals surface area contributed by atoms with E-state index in [1.807, 2.05) is 20.8 Å². The molecule has 2 fully saturated rings. The van der Waals surface area contributed by atoms with Gasteiger partial charge in [0.1, 0.15) is 0 Å². The predicted molar refractivity (Wildman–Crippen MR) is 51.9 cm³/mol. The fourth-order valence-electron chi connectivity index (χ4n) is 2.68. The molecule has 0 radical (unpaired) electrons. The van der Waals surface area contributed by atoms with E-state index < -0.39 is 11.0 Å². The van der Waals surface area contributed by atoms with Crippen LogP contribution < -0.4 is 0 Å². The maximum atomic E-state index is 10.1.